The minimum Gasteiger partial charge on any atom is -0.454 e. The normalized spacial score (nSPS) is 11.3. The number of sulfone groups is 1. The van der Waals surface area contributed by atoms with Gasteiger partial charge < -0.3 is 9.30 Å². The second kappa shape index (κ2) is 8.28. The molecule has 7 heteroatoms. The van der Waals surface area contributed by atoms with E-state index in [0.29, 0.717) is 11.1 Å². The Bertz CT molecular complexity index is 1220. The van der Waals surface area contributed by atoms with Gasteiger partial charge in [-0.3, -0.25) is 4.79 Å². The molecule has 0 aliphatic heterocycles. The van der Waals surface area contributed by atoms with Crippen molar-refractivity contribution in [3.8, 4) is 5.69 Å². The largest absolute Gasteiger partial charge is 0.454 e. The summed E-state index contributed by atoms with van der Waals surface area (Å²) in [6.45, 7) is 5.00. The number of nitrogens with zero attached hydrogens (tertiary/aromatic N) is 1. The first-order chi connectivity index (χ1) is 14.1. The van der Waals surface area contributed by atoms with Gasteiger partial charge in [-0.1, -0.05) is 24.3 Å². The van der Waals surface area contributed by atoms with E-state index in [4.69, 9.17) is 4.74 Å². The van der Waals surface area contributed by atoms with Crippen molar-refractivity contribution >= 4 is 21.6 Å². The van der Waals surface area contributed by atoms with Gasteiger partial charge in [0.1, 0.15) is 0 Å². The summed E-state index contributed by atoms with van der Waals surface area (Å²) in [7, 11) is -3.46. The van der Waals surface area contributed by atoms with Crippen LogP contribution in [0.15, 0.2) is 59.5 Å². The molecule has 0 aliphatic carbocycles. The van der Waals surface area contributed by atoms with Gasteiger partial charge in [0.2, 0.25) is 5.78 Å². The van der Waals surface area contributed by atoms with E-state index in [1.807, 2.05) is 48.7 Å². The van der Waals surface area contributed by atoms with Crippen LogP contribution in [0.2, 0.25) is 0 Å². The molecule has 0 saturated carbocycles. The van der Waals surface area contributed by atoms with Crippen molar-refractivity contribution in [1.82, 2.24) is 4.57 Å². The number of Topliss-reactive ketones (excluding diaryl/α,β-unsaturated/α-hetero) is 1. The number of aryl methyl sites for hydroxylation is 2. The summed E-state index contributed by atoms with van der Waals surface area (Å²) in [6.07, 6.45) is 1.07. The predicted octanol–water partition coefficient (Wildman–Crippen LogP) is 3.85. The van der Waals surface area contributed by atoms with Crippen LogP contribution in [-0.4, -0.2) is 37.6 Å². The molecule has 30 heavy (non-hydrogen) atoms. The number of ether oxygens (including phenoxy) is 1. The maximum atomic E-state index is 12.7. The van der Waals surface area contributed by atoms with E-state index in [2.05, 4.69) is 0 Å². The van der Waals surface area contributed by atoms with Crippen molar-refractivity contribution < 1.29 is 22.7 Å². The molecule has 1 aromatic heterocycles. The van der Waals surface area contributed by atoms with Gasteiger partial charge in [0.25, 0.3) is 0 Å². The standard InChI is InChI=1S/C23H23NO5S/c1-15-10-11-19(30(4,27)28)13-20(15)23(26)29-14-22(25)21-12-16(2)24(17(21)3)18-8-6-5-7-9-18/h5-13H,14H2,1-4H3. The van der Waals surface area contributed by atoms with Crippen LogP contribution in [0.25, 0.3) is 5.69 Å². The zero-order chi connectivity index (χ0) is 22.1. The van der Waals surface area contributed by atoms with E-state index in [1.54, 1.807) is 19.1 Å². The third kappa shape index (κ3) is 4.36. The summed E-state index contributed by atoms with van der Waals surface area (Å²) >= 11 is 0. The Morgan fingerprint density at radius 3 is 2.23 bits per heavy atom. The van der Waals surface area contributed by atoms with Crippen LogP contribution in [0.1, 0.15) is 37.7 Å². The summed E-state index contributed by atoms with van der Waals surface area (Å²) in [5.74, 6) is -1.06. The second-order valence-electron chi connectivity index (χ2n) is 7.20. The first-order valence-electron chi connectivity index (χ1n) is 9.35. The number of ketones is 1. The van der Waals surface area contributed by atoms with Gasteiger partial charge in [0, 0.05) is 28.9 Å². The number of para-hydroxylation sites is 1. The average molecular weight is 426 g/mol. The molecule has 156 valence electrons. The van der Waals surface area contributed by atoms with Gasteiger partial charge in [-0.2, -0.15) is 0 Å². The molecule has 0 amide bonds. The molecule has 1 heterocycles. The van der Waals surface area contributed by atoms with Crippen LogP contribution in [0.5, 0.6) is 0 Å². The van der Waals surface area contributed by atoms with E-state index < -0.39 is 22.4 Å². The average Bonchev–Trinajstić information content (AvgIpc) is 3.00. The Labute approximate surface area is 176 Å². The van der Waals surface area contributed by atoms with Crippen molar-refractivity contribution in [3.05, 3.63) is 82.7 Å². The molecule has 0 N–H and O–H groups in total. The topological polar surface area (TPSA) is 82.4 Å². The van der Waals surface area contributed by atoms with Crippen molar-refractivity contribution in [2.75, 3.05) is 12.9 Å². The van der Waals surface area contributed by atoms with E-state index >= 15 is 0 Å². The number of hydrogen-bond donors (Lipinski definition) is 0. The Balaban J connectivity index is 1.79. The van der Waals surface area contributed by atoms with Crippen LogP contribution < -0.4 is 0 Å². The SMILES string of the molecule is Cc1ccc(S(C)(=O)=O)cc1C(=O)OCC(=O)c1cc(C)n(-c2ccccc2)c1C. The quantitative estimate of drug-likeness (QED) is 0.443. The molecule has 0 radical (unpaired) electrons. The fourth-order valence-electron chi connectivity index (χ4n) is 3.36. The lowest BCUT2D eigenvalue weighted by Crippen LogP contribution is -2.16. The molecular formula is C23H23NO5S. The molecule has 2 aromatic carbocycles. The van der Waals surface area contributed by atoms with Gasteiger partial charge >= 0.3 is 5.97 Å². The third-order valence-electron chi connectivity index (χ3n) is 4.94. The Kier molecular flexibility index (Phi) is 5.94. The molecule has 0 atom stereocenters. The molecule has 0 unspecified atom stereocenters. The molecule has 6 nitrogen and oxygen atoms in total. The highest BCUT2D eigenvalue weighted by Gasteiger charge is 2.20. The number of hydrogen-bond acceptors (Lipinski definition) is 5. The summed E-state index contributed by atoms with van der Waals surface area (Å²) < 4.78 is 30.7. The number of carbonyl (C=O) groups excluding carboxylic acids is 2. The lowest BCUT2D eigenvalue weighted by molar-refractivity contribution is 0.0473. The molecule has 0 saturated heterocycles. The fraction of sp³-hybridized carbons (Fsp3) is 0.217. The highest BCUT2D eigenvalue weighted by atomic mass is 32.2. The van der Waals surface area contributed by atoms with Crippen molar-refractivity contribution in [2.45, 2.75) is 25.7 Å². The summed E-state index contributed by atoms with van der Waals surface area (Å²) in [4.78, 5) is 25.2. The van der Waals surface area contributed by atoms with Gasteiger partial charge in [0.05, 0.1) is 10.5 Å². The lowest BCUT2D eigenvalue weighted by atomic mass is 10.1. The maximum Gasteiger partial charge on any atom is 0.338 e. The monoisotopic (exact) mass is 425 g/mol. The Morgan fingerprint density at radius 1 is 0.933 bits per heavy atom. The van der Waals surface area contributed by atoms with E-state index in [-0.39, 0.29) is 16.2 Å². The molecule has 3 rings (SSSR count). The van der Waals surface area contributed by atoms with E-state index in [1.165, 1.54) is 12.1 Å². The summed E-state index contributed by atoms with van der Waals surface area (Å²) in [5.41, 5.74) is 3.77. The number of esters is 1. The van der Waals surface area contributed by atoms with Gasteiger partial charge in [-0.25, -0.2) is 13.2 Å². The lowest BCUT2D eigenvalue weighted by Gasteiger charge is -2.10. The van der Waals surface area contributed by atoms with Crippen molar-refractivity contribution in [2.24, 2.45) is 0 Å². The van der Waals surface area contributed by atoms with Crippen LogP contribution in [0, 0.1) is 20.8 Å². The Hall–Kier alpha value is -3.19. The van der Waals surface area contributed by atoms with Crippen molar-refractivity contribution in [1.29, 1.82) is 0 Å². The molecular weight excluding hydrogens is 402 g/mol. The zero-order valence-electron chi connectivity index (χ0n) is 17.3. The first-order valence-corrected chi connectivity index (χ1v) is 11.2. The van der Waals surface area contributed by atoms with Crippen molar-refractivity contribution in [3.63, 3.8) is 0 Å². The van der Waals surface area contributed by atoms with Crippen LogP contribution in [0.4, 0.5) is 0 Å². The van der Waals surface area contributed by atoms with Gasteiger partial charge in [-0.15, -0.1) is 0 Å². The number of benzene rings is 2. The second-order valence-corrected chi connectivity index (χ2v) is 9.22. The van der Waals surface area contributed by atoms with Gasteiger partial charge in [-0.05, 0) is 56.7 Å². The predicted molar refractivity (Wildman–Crippen MR) is 114 cm³/mol. The highest BCUT2D eigenvalue weighted by molar-refractivity contribution is 7.90. The van der Waals surface area contributed by atoms with Gasteiger partial charge in [0.15, 0.2) is 16.4 Å². The highest BCUT2D eigenvalue weighted by Crippen LogP contribution is 2.22. The van der Waals surface area contributed by atoms with E-state index in [0.717, 1.165) is 23.3 Å². The summed E-state index contributed by atoms with van der Waals surface area (Å²) in [5, 5.41) is 0. The van der Waals surface area contributed by atoms with Crippen LogP contribution in [0.3, 0.4) is 0 Å². The number of rotatable bonds is 6. The fourth-order valence-corrected chi connectivity index (χ4v) is 4.00. The molecule has 0 spiro atoms. The molecule has 0 aliphatic rings. The Morgan fingerprint density at radius 2 is 1.60 bits per heavy atom. The minimum absolute atomic E-state index is 0.0257. The first kappa shape index (κ1) is 21.5. The minimum atomic E-state index is -3.46. The zero-order valence-corrected chi connectivity index (χ0v) is 18.1. The number of aromatic nitrogens is 1. The summed E-state index contributed by atoms with van der Waals surface area (Å²) in [6, 6.07) is 15.7. The third-order valence-corrected chi connectivity index (χ3v) is 6.05. The number of carbonyl (C=O) groups is 2. The van der Waals surface area contributed by atoms with E-state index in [9.17, 15) is 18.0 Å². The van der Waals surface area contributed by atoms with Crippen LogP contribution in [-0.2, 0) is 14.6 Å². The molecule has 0 fully saturated rings. The molecule has 3 aromatic rings. The smallest absolute Gasteiger partial charge is 0.338 e. The van der Waals surface area contributed by atoms with Crippen LogP contribution >= 0.6 is 0 Å². The maximum absolute atomic E-state index is 12.7. The molecule has 0 bridgehead atoms.